The first-order valence-corrected chi connectivity index (χ1v) is 25.1. The van der Waals surface area contributed by atoms with Crippen LogP contribution in [0.2, 0.25) is 10.0 Å². The molecule has 21 nitrogen and oxygen atoms in total. The van der Waals surface area contributed by atoms with Gasteiger partial charge in [-0.05, 0) is 85.6 Å². The zero-order valence-corrected chi connectivity index (χ0v) is 43.8. The summed E-state index contributed by atoms with van der Waals surface area (Å²) < 4.78 is 60.6. The van der Waals surface area contributed by atoms with Crippen LogP contribution in [0.5, 0.6) is 46.3 Å². The van der Waals surface area contributed by atoms with Crippen molar-refractivity contribution in [3.8, 4) is 58.4 Å². The van der Waals surface area contributed by atoms with Crippen LogP contribution < -0.4 is 44.9 Å². The summed E-state index contributed by atoms with van der Waals surface area (Å²) in [6, 6.07) is 27.5. The molecule has 0 amide bonds. The molecule has 4 heterocycles. The number of nitriles is 2. The first kappa shape index (κ1) is 54.7. The number of anilines is 1. The van der Waals surface area contributed by atoms with Crippen LogP contribution in [-0.4, -0.2) is 75.0 Å². The van der Waals surface area contributed by atoms with Gasteiger partial charge in [0.1, 0.15) is 36.2 Å². The van der Waals surface area contributed by atoms with Crippen LogP contribution in [0.25, 0.3) is 0 Å². The highest BCUT2D eigenvalue weighted by molar-refractivity contribution is 7.90. The van der Waals surface area contributed by atoms with Crippen molar-refractivity contribution in [3.05, 3.63) is 185 Å². The Morgan fingerprint density at radius 1 is 0.618 bits per heavy atom. The van der Waals surface area contributed by atoms with Crippen molar-refractivity contribution in [2.45, 2.75) is 45.3 Å². The lowest BCUT2D eigenvalue weighted by molar-refractivity contribution is 0.285. The fourth-order valence-electron chi connectivity index (χ4n) is 6.82. The Hall–Kier alpha value is -9.09. The van der Waals surface area contributed by atoms with Crippen molar-refractivity contribution >= 4 is 39.0 Å². The van der Waals surface area contributed by atoms with Crippen LogP contribution in [0.15, 0.2) is 125 Å². The van der Waals surface area contributed by atoms with Crippen LogP contribution in [0.1, 0.15) is 44.8 Å². The Balaban J connectivity index is 0.000000221. The molecule has 4 aromatic carbocycles. The quantitative estimate of drug-likeness (QED) is 0.0796. The molecule has 0 aliphatic rings. The zero-order chi connectivity index (χ0) is 54.5. The number of halogens is 2. The number of aromatic nitrogens is 8. The maximum Gasteiger partial charge on any atom is 0.296 e. The van der Waals surface area contributed by atoms with E-state index in [0.717, 1.165) is 23.1 Å². The van der Waals surface area contributed by atoms with E-state index in [-0.39, 0.29) is 65.8 Å². The number of sulfone groups is 1. The minimum absolute atomic E-state index is 0.00955. The maximum atomic E-state index is 13.3. The molecule has 24 heteroatoms. The summed E-state index contributed by atoms with van der Waals surface area (Å²) in [5, 5.41) is 21.5. The molecular weight excluding hydrogens is 1040 g/mol. The van der Waals surface area contributed by atoms with Gasteiger partial charge in [0, 0.05) is 35.7 Å². The Bertz CT molecular complexity index is 3740. The summed E-state index contributed by atoms with van der Waals surface area (Å²) in [7, 11) is 1.14. The Morgan fingerprint density at radius 3 is 1.46 bits per heavy atom. The maximum absolute atomic E-state index is 13.3. The molecule has 76 heavy (non-hydrogen) atoms. The third kappa shape index (κ3) is 14.1. The van der Waals surface area contributed by atoms with Gasteiger partial charge in [-0.1, -0.05) is 47.5 Å². The number of nitrogens with one attached hydrogen (secondary N) is 1. The van der Waals surface area contributed by atoms with Gasteiger partial charge < -0.3 is 33.7 Å². The van der Waals surface area contributed by atoms with Crippen LogP contribution >= 0.6 is 23.2 Å². The molecule has 388 valence electrons. The summed E-state index contributed by atoms with van der Waals surface area (Å²) in [6.45, 7) is 3.58. The molecule has 1 N–H and O–H groups in total. The zero-order valence-electron chi connectivity index (χ0n) is 41.4. The van der Waals surface area contributed by atoms with Gasteiger partial charge in [0.2, 0.25) is 44.2 Å². The molecule has 0 fully saturated rings. The second-order valence-corrected chi connectivity index (χ2v) is 19.0. The van der Waals surface area contributed by atoms with Crippen molar-refractivity contribution < 1.29 is 36.8 Å². The monoisotopic (exact) mass is 1090 g/mol. The van der Waals surface area contributed by atoms with Crippen LogP contribution in [0, 0.1) is 36.5 Å². The number of ether oxygens (including phenoxy) is 6. The lowest BCUT2D eigenvalue weighted by Crippen LogP contribution is -2.24. The predicted octanol–water partition coefficient (Wildman–Crippen LogP) is 8.04. The molecule has 0 aliphatic heterocycles. The summed E-state index contributed by atoms with van der Waals surface area (Å²) in [4.78, 5) is 51.9. The fourth-order valence-corrected chi connectivity index (χ4v) is 7.76. The van der Waals surface area contributed by atoms with E-state index in [0.29, 0.717) is 50.7 Å². The molecule has 0 bridgehead atoms. The lowest BCUT2D eigenvalue weighted by atomic mass is 10.2. The predicted molar refractivity (Wildman–Crippen MR) is 279 cm³/mol. The smallest absolute Gasteiger partial charge is 0.296 e. The summed E-state index contributed by atoms with van der Waals surface area (Å²) in [5.41, 5.74) is 2.92. The third-order valence-corrected chi connectivity index (χ3v) is 12.0. The largest absolute Gasteiger partial charge is 0.497 e. The van der Waals surface area contributed by atoms with Crippen molar-refractivity contribution in [3.63, 3.8) is 0 Å². The van der Waals surface area contributed by atoms with Crippen LogP contribution in [0.4, 0.5) is 5.95 Å². The number of methoxy groups -OCH3 is 2. The number of aryl methyl sites for hydroxylation is 2. The summed E-state index contributed by atoms with van der Waals surface area (Å²) in [6.07, 6.45) is 6.60. The van der Waals surface area contributed by atoms with Gasteiger partial charge in [-0.3, -0.25) is 18.7 Å². The Labute approximate surface area is 445 Å². The molecule has 0 aliphatic carbocycles. The molecule has 0 atom stereocenters. The average Bonchev–Trinajstić information content (AvgIpc) is 3.42. The SMILES string of the molecule is CNc1ncc(Cn2cnc(C)c(Oc3cc(Cl)cc(C#N)c3)c2=O)c(OCc2ccc(OC)cc2)n1.COc1ccc(COc2nc(S(C)(=O)=O)ncc2Cn2cnc(C)c(Oc3cc(Cl)cc(C#N)c3)c2=O)cc1. The van der Waals surface area contributed by atoms with Crippen molar-refractivity contribution in [2.75, 3.05) is 32.8 Å². The highest BCUT2D eigenvalue weighted by Crippen LogP contribution is 2.29. The van der Waals surface area contributed by atoms with Gasteiger partial charge in [0.25, 0.3) is 11.1 Å². The highest BCUT2D eigenvalue weighted by Gasteiger charge is 2.20. The van der Waals surface area contributed by atoms with E-state index in [4.69, 9.17) is 51.6 Å². The Kier molecular flexibility index (Phi) is 17.8. The van der Waals surface area contributed by atoms with Crippen LogP contribution in [0.3, 0.4) is 0 Å². The van der Waals surface area contributed by atoms with Gasteiger partial charge in [0.05, 0.1) is 85.7 Å². The molecule has 0 saturated heterocycles. The molecular formula is C52H45Cl2N11O10S. The lowest BCUT2D eigenvalue weighted by Gasteiger charge is -2.14. The van der Waals surface area contributed by atoms with Crippen LogP contribution in [-0.2, 0) is 36.1 Å². The van der Waals surface area contributed by atoms with E-state index in [1.54, 1.807) is 65.6 Å². The minimum Gasteiger partial charge on any atom is -0.497 e. The van der Waals surface area contributed by atoms with Crippen molar-refractivity contribution in [1.29, 1.82) is 10.5 Å². The van der Waals surface area contributed by atoms with E-state index >= 15 is 0 Å². The summed E-state index contributed by atoms with van der Waals surface area (Å²) in [5.74, 6) is 2.50. The molecule has 8 rings (SSSR count). The number of benzene rings is 4. The van der Waals surface area contributed by atoms with Gasteiger partial charge >= 0.3 is 0 Å². The third-order valence-electron chi connectivity index (χ3n) is 10.7. The molecule has 4 aromatic heterocycles. The average molecular weight is 1090 g/mol. The number of hydrogen-bond donors (Lipinski definition) is 1. The van der Waals surface area contributed by atoms with E-state index in [1.807, 2.05) is 36.4 Å². The molecule has 8 aromatic rings. The standard InChI is InChI=1S/C26H23ClN6O4.C26H22ClN5O6S/c1-16-23(37-22-9-18(11-28)8-20(27)10-22)25(34)33(15-31-16)13-19-12-30-26(29-2)32-24(19)36-14-17-4-6-21(35-3)7-5-17;1-16-23(38-22-9-18(11-28)8-20(27)10-22)25(33)32(15-30-16)13-19-12-29-26(39(3,34)35)31-24(19)37-14-17-4-6-21(36-2)7-5-17/h4-10,12,15H,13-14H2,1-3H3,(H,29,30,32);4-10,12,15H,13-14H2,1-3H3. The molecule has 0 saturated carbocycles. The number of nitrogens with zero attached hydrogens (tertiary/aromatic N) is 10. The highest BCUT2D eigenvalue weighted by atomic mass is 35.5. The molecule has 0 radical (unpaired) electrons. The first-order chi connectivity index (χ1) is 36.5. The number of rotatable bonds is 18. The first-order valence-electron chi connectivity index (χ1n) is 22.5. The normalized spacial score (nSPS) is 10.8. The van der Waals surface area contributed by atoms with Gasteiger partial charge in [-0.15, -0.1) is 0 Å². The number of hydrogen-bond acceptors (Lipinski definition) is 19. The summed E-state index contributed by atoms with van der Waals surface area (Å²) >= 11 is 12.1. The Morgan fingerprint density at radius 2 is 1.05 bits per heavy atom. The van der Waals surface area contributed by atoms with Crippen molar-refractivity contribution in [1.82, 2.24) is 39.0 Å². The molecule has 0 unspecified atom stereocenters. The molecule has 0 spiro atoms. The minimum atomic E-state index is -3.72. The van der Waals surface area contributed by atoms with E-state index < -0.39 is 26.1 Å². The van der Waals surface area contributed by atoms with Gasteiger partial charge in [-0.2, -0.15) is 20.5 Å². The second-order valence-electron chi connectivity index (χ2n) is 16.3. The second kappa shape index (κ2) is 24.8. The van der Waals surface area contributed by atoms with E-state index in [1.165, 1.54) is 64.4 Å². The van der Waals surface area contributed by atoms with Crippen molar-refractivity contribution in [2.24, 2.45) is 0 Å². The fraction of sp³-hybridized carbons (Fsp3) is 0.192. The topological polar surface area (TPSA) is 270 Å². The van der Waals surface area contributed by atoms with E-state index in [9.17, 15) is 28.5 Å². The van der Waals surface area contributed by atoms with Gasteiger partial charge in [0.15, 0.2) is 0 Å². The van der Waals surface area contributed by atoms with E-state index in [2.05, 4.69) is 35.2 Å². The van der Waals surface area contributed by atoms with Gasteiger partial charge in [-0.25, -0.2) is 28.4 Å².